The predicted molar refractivity (Wildman–Crippen MR) is 123 cm³/mol. The molecule has 2 unspecified atom stereocenters. The molecule has 2 amide bonds. The Morgan fingerprint density at radius 3 is 2.38 bits per heavy atom. The summed E-state index contributed by atoms with van der Waals surface area (Å²) in [5.41, 5.74) is 1.23. The van der Waals surface area contributed by atoms with Gasteiger partial charge in [-0.25, -0.2) is 4.39 Å². The summed E-state index contributed by atoms with van der Waals surface area (Å²) in [6.45, 7) is 2.84. The van der Waals surface area contributed by atoms with Gasteiger partial charge >= 0.3 is 6.36 Å². The molecule has 0 aliphatic carbocycles. The number of carbonyl (C=O) groups excluding carboxylic acids is 2. The molecule has 12 heteroatoms. The zero-order chi connectivity index (χ0) is 26.2. The molecule has 198 valence electrons. The van der Waals surface area contributed by atoms with Crippen LogP contribution in [0.15, 0.2) is 18.2 Å². The molecule has 2 saturated heterocycles. The van der Waals surface area contributed by atoms with Crippen LogP contribution in [-0.4, -0.2) is 85.1 Å². The van der Waals surface area contributed by atoms with Crippen molar-refractivity contribution in [1.29, 1.82) is 0 Å². The molecule has 1 aromatic carbocycles. The minimum atomic E-state index is -4.85. The minimum absolute atomic E-state index is 0.0415. The summed E-state index contributed by atoms with van der Waals surface area (Å²) in [4.78, 5) is 32.2. The first kappa shape index (κ1) is 25.2. The van der Waals surface area contributed by atoms with Gasteiger partial charge in [-0.15, -0.1) is 13.2 Å². The number of likely N-dealkylation sites (tertiary alicyclic amines) is 1. The average molecular weight is 522 g/mol. The number of morpholine rings is 1. The van der Waals surface area contributed by atoms with Crippen molar-refractivity contribution in [2.75, 3.05) is 51.3 Å². The number of H-pyrrole nitrogens is 1. The lowest BCUT2D eigenvalue weighted by atomic mass is 9.76. The van der Waals surface area contributed by atoms with Crippen LogP contribution in [0.4, 0.5) is 23.4 Å². The molecule has 3 aliphatic heterocycles. The Bertz CT molecular complexity index is 1120. The monoisotopic (exact) mass is 522 g/mol. The molecule has 0 bridgehead atoms. The Morgan fingerprint density at radius 1 is 1.03 bits per heavy atom. The smallest absolute Gasteiger partial charge is 0.397 e. The third kappa shape index (κ3) is 5.46. The van der Waals surface area contributed by atoms with Crippen molar-refractivity contribution >= 4 is 17.6 Å². The Hall–Kier alpha value is -3.46. The summed E-state index contributed by atoms with van der Waals surface area (Å²) in [6, 6.07) is 8.63. The number of rotatable bonds is 4. The number of fused-ring (bicyclic) bond motifs is 1. The molecule has 4 heterocycles. The number of nitrogens with one attached hydrogen (secondary N) is 2. The fourth-order valence-electron chi connectivity index (χ4n) is 5.31. The maximum Gasteiger partial charge on any atom is 0.573 e. The molecular weight excluding hydrogens is 496 g/mol. The van der Waals surface area contributed by atoms with Crippen LogP contribution >= 0.6 is 0 Å². The van der Waals surface area contributed by atoms with Crippen molar-refractivity contribution in [2.45, 2.75) is 31.3 Å². The van der Waals surface area contributed by atoms with Crippen LogP contribution in [0.1, 0.15) is 45.2 Å². The summed E-state index contributed by atoms with van der Waals surface area (Å²) in [6.07, 6.45) is -4.90. The van der Waals surface area contributed by atoms with E-state index >= 15 is 4.39 Å². The van der Waals surface area contributed by atoms with E-state index in [9.17, 15) is 22.8 Å². The summed E-state index contributed by atoms with van der Waals surface area (Å²) in [5.74, 6) is -0.906. The van der Waals surface area contributed by atoms with Crippen LogP contribution in [0, 0.1) is 18.1 Å². The predicted octanol–water partition coefficient (Wildman–Crippen LogP) is 3.39. The van der Waals surface area contributed by atoms with Crippen LogP contribution in [-0.2, 0) is 4.74 Å². The highest BCUT2D eigenvalue weighted by molar-refractivity contribution is 5.94. The van der Waals surface area contributed by atoms with Gasteiger partial charge in [0.25, 0.3) is 11.8 Å². The molecule has 2 N–H and O–H groups in total. The first-order valence-corrected chi connectivity index (χ1v) is 12.2. The number of carbonyl (C=O) groups is 2. The maximum absolute atomic E-state index is 15.2. The highest BCUT2D eigenvalue weighted by Crippen LogP contribution is 2.43. The van der Waals surface area contributed by atoms with E-state index in [2.05, 4.69) is 27.2 Å². The van der Waals surface area contributed by atoms with Gasteiger partial charge in [0.1, 0.15) is 17.7 Å². The van der Waals surface area contributed by atoms with Gasteiger partial charge in [0.05, 0.1) is 18.8 Å². The average Bonchev–Trinajstić information content (AvgIpc) is 3.32. The summed E-state index contributed by atoms with van der Waals surface area (Å²) in [7, 11) is 0. The fourth-order valence-corrected chi connectivity index (χ4v) is 5.31. The molecule has 2 fully saturated rings. The Kier molecular flexibility index (Phi) is 6.90. The van der Waals surface area contributed by atoms with Gasteiger partial charge < -0.3 is 29.6 Å². The van der Waals surface area contributed by atoms with Crippen LogP contribution in [0.3, 0.4) is 0 Å². The third-order valence-corrected chi connectivity index (χ3v) is 7.11. The van der Waals surface area contributed by atoms with Crippen LogP contribution in [0.2, 0.25) is 0 Å². The molecule has 2 atom stereocenters. The highest BCUT2D eigenvalue weighted by Gasteiger charge is 2.40. The van der Waals surface area contributed by atoms with E-state index in [1.807, 2.05) is 0 Å². The van der Waals surface area contributed by atoms with Crippen molar-refractivity contribution < 1.29 is 36.6 Å². The van der Waals surface area contributed by atoms with E-state index in [1.165, 1.54) is 6.07 Å². The molecule has 2 aromatic rings. The fraction of sp³-hybridized carbons (Fsp3) is 0.520. The molecule has 0 spiro atoms. The van der Waals surface area contributed by atoms with Gasteiger partial charge in [-0.05, 0) is 43.0 Å². The topological polar surface area (TPSA) is 86.9 Å². The molecule has 0 radical (unpaired) electrons. The van der Waals surface area contributed by atoms with Crippen molar-refractivity contribution in [3.8, 4) is 5.75 Å². The molecule has 3 aliphatic rings. The van der Waals surface area contributed by atoms with Gasteiger partial charge in [0.15, 0.2) is 5.75 Å². The second-order valence-corrected chi connectivity index (χ2v) is 9.38. The number of anilines is 1. The SMILES string of the molecule is O=C(c1c#cc(OC(F)(F)F)cc1)N1CCC(C2c3cc(C(=O)N4CCOCC4)[nH]c3NCC2F)CC1. The number of aromatic amines is 1. The van der Waals surface area contributed by atoms with Gasteiger partial charge in [0, 0.05) is 44.2 Å². The number of piperidine rings is 1. The first-order chi connectivity index (χ1) is 17.7. The zero-order valence-electron chi connectivity index (χ0n) is 19.9. The lowest BCUT2D eigenvalue weighted by Crippen LogP contribution is -2.42. The van der Waals surface area contributed by atoms with Gasteiger partial charge in [-0.2, -0.15) is 0 Å². The lowest BCUT2D eigenvalue weighted by molar-refractivity contribution is -0.274. The Morgan fingerprint density at radius 2 is 1.73 bits per heavy atom. The molecule has 0 saturated carbocycles. The summed E-state index contributed by atoms with van der Waals surface area (Å²) >= 11 is 0. The quantitative estimate of drug-likeness (QED) is 0.602. The van der Waals surface area contributed by atoms with Gasteiger partial charge in [-0.3, -0.25) is 9.59 Å². The number of hydrogen-bond acceptors (Lipinski definition) is 5. The number of nitrogens with zero attached hydrogens (tertiary/aromatic N) is 2. The second-order valence-electron chi connectivity index (χ2n) is 9.38. The van der Waals surface area contributed by atoms with Crippen molar-refractivity contribution in [3.05, 3.63) is 47.2 Å². The number of ether oxygens (including phenoxy) is 2. The molecular formula is C25H26F4N4O4. The molecule has 5 rings (SSSR count). The van der Waals surface area contributed by atoms with Crippen molar-refractivity contribution in [1.82, 2.24) is 14.8 Å². The molecule has 37 heavy (non-hydrogen) atoms. The maximum atomic E-state index is 15.2. The summed E-state index contributed by atoms with van der Waals surface area (Å²) < 4.78 is 61.3. The third-order valence-electron chi connectivity index (χ3n) is 7.11. The van der Waals surface area contributed by atoms with Crippen LogP contribution in [0.25, 0.3) is 0 Å². The number of alkyl halides is 4. The van der Waals surface area contributed by atoms with Gasteiger partial charge in [0.2, 0.25) is 0 Å². The number of aromatic nitrogens is 1. The van der Waals surface area contributed by atoms with E-state index in [0.717, 1.165) is 11.6 Å². The lowest BCUT2D eigenvalue weighted by Gasteiger charge is -2.39. The van der Waals surface area contributed by atoms with Crippen LogP contribution < -0.4 is 10.1 Å². The van der Waals surface area contributed by atoms with E-state index in [4.69, 9.17) is 4.74 Å². The standard InChI is InChI=1S/C25H26F4N4O4/c26-19-14-30-22-18(13-20(31-22)24(35)33-9-11-36-12-10-33)21(19)15-5-7-32(8-6-15)23(34)16-1-3-17(4-2-16)37-25(27,28)29/h1,3,13,15,19,21,30-31H,5-12,14H2. The van der Waals surface area contributed by atoms with E-state index in [1.54, 1.807) is 15.9 Å². The number of halogens is 4. The minimum Gasteiger partial charge on any atom is -0.397 e. The summed E-state index contributed by atoms with van der Waals surface area (Å²) in [5, 5.41) is 3.05. The molecule has 8 nitrogen and oxygen atoms in total. The number of amides is 2. The number of hydrogen-bond donors (Lipinski definition) is 2. The molecule has 1 aromatic heterocycles. The van der Waals surface area contributed by atoms with E-state index in [0.29, 0.717) is 63.7 Å². The Labute approximate surface area is 210 Å². The van der Waals surface area contributed by atoms with Gasteiger partial charge in [-0.1, -0.05) is 6.07 Å². The normalized spacial score (nSPS) is 22.6. The van der Waals surface area contributed by atoms with Crippen LogP contribution in [0.5, 0.6) is 5.75 Å². The largest absolute Gasteiger partial charge is 0.573 e. The highest BCUT2D eigenvalue weighted by atomic mass is 19.4. The van der Waals surface area contributed by atoms with Crippen molar-refractivity contribution in [2.24, 2.45) is 5.92 Å². The van der Waals surface area contributed by atoms with E-state index in [-0.39, 0.29) is 29.8 Å². The van der Waals surface area contributed by atoms with E-state index < -0.39 is 24.2 Å². The second kappa shape index (κ2) is 10.1. The Balaban J connectivity index is 1.23. The van der Waals surface area contributed by atoms with Crippen molar-refractivity contribution in [3.63, 3.8) is 0 Å². The first-order valence-electron chi connectivity index (χ1n) is 12.2. The zero-order valence-corrected chi connectivity index (χ0v) is 19.9.